The Bertz CT molecular complexity index is 509. The number of carbonyl (C=O) groups excluding carboxylic acids is 2. The zero-order chi connectivity index (χ0) is 16.3. The number of carboxylic acid groups (broad SMARTS) is 1. The number of aliphatic carboxylic acids is 1. The SMILES string of the molecule is CCCCCNC1(OC)C(=O)N2C(C(=O)O)C(C=O)=CS[C@H]21. The van der Waals surface area contributed by atoms with Crippen LogP contribution in [0.2, 0.25) is 0 Å². The highest BCUT2D eigenvalue weighted by molar-refractivity contribution is 8.03. The van der Waals surface area contributed by atoms with Crippen LogP contribution in [0.4, 0.5) is 0 Å². The first kappa shape index (κ1) is 17.0. The van der Waals surface area contributed by atoms with E-state index in [9.17, 15) is 19.5 Å². The highest BCUT2D eigenvalue weighted by Crippen LogP contribution is 2.45. The highest BCUT2D eigenvalue weighted by Gasteiger charge is 2.66. The van der Waals surface area contributed by atoms with Crippen molar-refractivity contribution in [2.45, 2.75) is 43.3 Å². The average molecular weight is 328 g/mol. The number of carbonyl (C=O) groups is 3. The van der Waals surface area contributed by atoms with Gasteiger partial charge in [0.1, 0.15) is 11.7 Å². The molecule has 1 saturated heterocycles. The summed E-state index contributed by atoms with van der Waals surface area (Å²) in [6.45, 7) is 2.70. The molecule has 3 atom stereocenters. The number of rotatable bonds is 8. The number of ether oxygens (including phenoxy) is 1. The van der Waals surface area contributed by atoms with E-state index in [1.54, 1.807) is 0 Å². The third-order valence-corrected chi connectivity index (χ3v) is 5.16. The molecule has 1 fully saturated rings. The largest absolute Gasteiger partial charge is 0.479 e. The van der Waals surface area contributed by atoms with Crippen molar-refractivity contribution in [2.75, 3.05) is 13.7 Å². The van der Waals surface area contributed by atoms with E-state index in [1.165, 1.54) is 29.2 Å². The summed E-state index contributed by atoms with van der Waals surface area (Å²) in [5.41, 5.74) is -1.13. The molecule has 2 rings (SSSR count). The molecule has 0 aliphatic carbocycles. The zero-order valence-electron chi connectivity index (χ0n) is 12.6. The van der Waals surface area contributed by atoms with E-state index in [1.807, 2.05) is 0 Å². The lowest BCUT2D eigenvalue weighted by Crippen LogP contribution is -2.82. The molecule has 0 aromatic rings. The van der Waals surface area contributed by atoms with E-state index in [-0.39, 0.29) is 5.57 Å². The van der Waals surface area contributed by atoms with Gasteiger partial charge in [0, 0.05) is 12.7 Å². The molecule has 0 bridgehead atoms. The van der Waals surface area contributed by atoms with Gasteiger partial charge in [-0.05, 0) is 18.4 Å². The van der Waals surface area contributed by atoms with Crippen LogP contribution in [-0.2, 0) is 19.1 Å². The molecule has 1 amide bonds. The van der Waals surface area contributed by atoms with Gasteiger partial charge in [-0.1, -0.05) is 19.8 Å². The number of thioether (sulfide) groups is 1. The second-order valence-electron chi connectivity index (χ2n) is 5.25. The third kappa shape index (κ3) is 2.55. The summed E-state index contributed by atoms with van der Waals surface area (Å²) in [5, 5.41) is 13.4. The van der Waals surface area contributed by atoms with E-state index in [0.717, 1.165) is 19.3 Å². The molecule has 0 saturated carbocycles. The van der Waals surface area contributed by atoms with Crippen molar-refractivity contribution in [1.82, 2.24) is 10.2 Å². The van der Waals surface area contributed by atoms with Crippen LogP contribution in [0.15, 0.2) is 11.0 Å². The Morgan fingerprint density at radius 1 is 1.59 bits per heavy atom. The standard InChI is InChI=1S/C14H20N2O5S/c1-3-4-5-6-15-14(21-2)12(20)16-10(11(18)19)9(7-17)8-22-13(14)16/h7-8,10,13,15H,3-6H2,1-2H3,(H,18,19)/t10?,13-,14?/m0/s1. The summed E-state index contributed by atoms with van der Waals surface area (Å²) in [6, 6.07) is -1.24. The molecule has 2 heterocycles. The minimum atomic E-state index is -1.24. The van der Waals surface area contributed by atoms with Gasteiger partial charge in [-0.25, -0.2) is 4.79 Å². The average Bonchev–Trinajstić information content (AvgIpc) is 2.53. The number of fused-ring (bicyclic) bond motifs is 1. The molecule has 8 heteroatoms. The van der Waals surface area contributed by atoms with Crippen LogP contribution in [0.3, 0.4) is 0 Å². The topological polar surface area (TPSA) is 95.9 Å². The molecule has 0 radical (unpaired) electrons. The first-order valence-electron chi connectivity index (χ1n) is 7.20. The normalized spacial score (nSPS) is 30.4. The smallest absolute Gasteiger partial charge is 0.331 e. The number of hydrogen-bond donors (Lipinski definition) is 2. The number of β-lactam (4-membered cyclic amide) rings is 1. The maximum absolute atomic E-state index is 12.5. The molecule has 0 aromatic heterocycles. The molecule has 7 nitrogen and oxygen atoms in total. The molecule has 2 aliphatic heterocycles. The number of carboxylic acids is 1. The zero-order valence-corrected chi connectivity index (χ0v) is 13.4. The second kappa shape index (κ2) is 6.80. The number of hydrogen-bond acceptors (Lipinski definition) is 6. The molecule has 2 aliphatic rings. The van der Waals surface area contributed by atoms with Gasteiger partial charge in [0.25, 0.3) is 5.91 Å². The highest BCUT2D eigenvalue weighted by atomic mass is 32.2. The minimum absolute atomic E-state index is 0.0813. The van der Waals surface area contributed by atoms with Crippen LogP contribution in [0.5, 0.6) is 0 Å². The van der Waals surface area contributed by atoms with E-state index >= 15 is 0 Å². The van der Waals surface area contributed by atoms with E-state index in [2.05, 4.69) is 12.2 Å². The Morgan fingerprint density at radius 3 is 2.86 bits per heavy atom. The summed E-state index contributed by atoms with van der Waals surface area (Å²) in [4.78, 5) is 36.1. The fraction of sp³-hybridized carbons (Fsp3) is 0.643. The van der Waals surface area contributed by atoms with Crippen molar-refractivity contribution in [3.8, 4) is 0 Å². The minimum Gasteiger partial charge on any atom is -0.479 e. The van der Waals surface area contributed by atoms with Gasteiger partial charge < -0.3 is 14.7 Å². The second-order valence-corrected chi connectivity index (χ2v) is 6.21. The first-order chi connectivity index (χ1) is 10.5. The molecule has 0 spiro atoms. The Labute approximate surface area is 133 Å². The van der Waals surface area contributed by atoms with E-state index in [0.29, 0.717) is 12.8 Å². The van der Waals surface area contributed by atoms with Gasteiger partial charge in [0.05, 0.1) is 0 Å². The van der Waals surface area contributed by atoms with Gasteiger partial charge in [-0.3, -0.25) is 14.9 Å². The van der Waals surface area contributed by atoms with Crippen LogP contribution in [0.25, 0.3) is 0 Å². The lowest BCUT2D eigenvalue weighted by Gasteiger charge is -2.57. The maximum atomic E-state index is 12.5. The van der Waals surface area contributed by atoms with E-state index in [4.69, 9.17) is 4.74 Å². The number of methoxy groups -OCH3 is 1. The van der Waals surface area contributed by atoms with Crippen molar-refractivity contribution >= 4 is 29.9 Å². The fourth-order valence-electron chi connectivity index (χ4n) is 2.74. The molecule has 0 aromatic carbocycles. The van der Waals surface area contributed by atoms with Gasteiger partial charge in [-0.15, -0.1) is 11.8 Å². The van der Waals surface area contributed by atoms with Crippen LogP contribution < -0.4 is 5.32 Å². The molecular formula is C14H20N2O5S. The predicted molar refractivity (Wildman–Crippen MR) is 81.1 cm³/mol. The summed E-state index contributed by atoms with van der Waals surface area (Å²) >= 11 is 1.23. The summed E-state index contributed by atoms with van der Waals surface area (Å²) in [6.07, 6.45) is 3.49. The quantitative estimate of drug-likeness (QED) is 0.291. The van der Waals surface area contributed by atoms with Crippen LogP contribution >= 0.6 is 11.8 Å². The number of nitrogens with zero attached hydrogens (tertiary/aromatic N) is 1. The van der Waals surface area contributed by atoms with Gasteiger partial charge in [0.15, 0.2) is 6.04 Å². The Balaban J connectivity index is 2.18. The third-order valence-electron chi connectivity index (χ3n) is 3.94. The summed E-state index contributed by atoms with van der Waals surface area (Å²) in [7, 11) is 1.43. The molecule has 2 N–H and O–H groups in total. The molecule has 122 valence electrons. The van der Waals surface area contributed by atoms with Crippen LogP contribution in [-0.4, -0.2) is 59.0 Å². The van der Waals surface area contributed by atoms with Gasteiger partial charge in [0.2, 0.25) is 5.72 Å². The Hall–Kier alpha value is -1.38. The number of nitrogens with one attached hydrogen (secondary N) is 1. The van der Waals surface area contributed by atoms with Crippen molar-refractivity contribution in [3.05, 3.63) is 11.0 Å². The first-order valence-corrected chi connectivity index (χ1v) is 8.14. The number of amides is 1. The monoisotopic (exact) mass is 328 g/mol. The number of unbranched alkanes of at least 4 members (excludes halogenated alkanes) is 2. The van der Waals surface area contributed by atoms with Crippen LogP contribution in [0, 0.1) is 0 Å². The Morgan fingerprint density at radius 2 is 2.32 bits per heavy atom. The van der Waals surface area contributed by atoms with Crippen LogP contribution in [0.1, 0.15) is 26.2 Å². The summed E-state index contributed by atoms with van der Waals surface area (Å²) in [5.74, 6) is -1.66. The van der Waals surface area contributed by atoms with E-state index < -0.39 is 29.0 Å². The predicted octanol–water partition coefficient (Wildman–Crippen LogP) is 0.560. The number of aldehydes is 1. The molecule has 2 unspecified atom stereocenters. The van der Waals surface area contributed by atoms with Gasteiger partial charge in [-0.2, -0.15) is 0 Å². The maximum Gasteiger partial charge on any atom is 0.331 e. The Kier molecular flexibility index (Phi) is 5.25. The van der Waals surface area contributed by atoms with Crippen molar-refractivity contribution in [2.24, 2.45) is 0 Å². The summed E-state index contributed by atoms with van der Waals surface area (Å²) < 4.78 is 5.40. The van der Waals surface area contributed by atoms with Crippen molar-refractivity contribution < 1.29 is 24.2 Å². The van der Waals surface area contributed by atoms with Gasteiger partial charge >= 0.3 is 5.97 Å². The molecular weight excluding hydrogens is 308 g/mol. The lowest BCUT2D eigenvalue weighted by molar-refractivity contribution is -0.200. The van der Waals surface area contributed by atoms with Crippen molar-refractivity contribution in [1.29, 1.82) is 0 Å². The van der Waals surface area contributed by atoms with Crippen molar-refractivity contribution in [3.63, 3.8) is 0 Å². The lowest BCUT2D eigenvalue weighted by atomic mass is 9.95. The molecule has 22 heavy (non-hydrogen) atoms. The fourth-order valence-corrected chi connectivity index (χ4v) is 4.03.